The highest BCUT2D eigenvalue weighted by atomic mass is 32.2. The first kappa shape index (κ1) is 13.6. The first-order valence-corrected chi connectivity index (χ1v) is 6.82. The minimum atomic E-state index is -0.0208. The van der Waals surface area contributed by atoms with Crippen LogP contribution in [0.2, 0.25) is 0 Å². The van der Waals surface area contributed by atoms with Gasteiger partial charge in [-0.15, -0.1) is 0 Å². The van der Waals surface area contributed by atoms with Gasteiger partial charge < -0.3 is 4.42 Å². The highest BCUT2D eigenvalue weighted by molar-refractivity contribution is 8.01. The van der Waals surface area contributed by atoms with Crippen LogP contribution in [0.15, 0.2) is 45.4 Å². The van der Waals surface area contributed by atoms with Gasteiger partial charge in [-0.3, -0.25) is 4.79 Å². The molecule has 0 bridgehead atoms. The SMILES string of the molecule is Cc1ccc(C(=O)/C=C/Sc2nc(C)c(C)o2)cc1. The molecule has 19 heavy (non-hydrogen) atoms. The number of hydrogen-bond donors (Lipinski definition) is 0. The monoisotopic (exact) mass is 273 g/mol. The van der Waals surface area contributed by atoms with Gasteiger partial charge in [0.05, 0.1) is 5.69 Å². The Balaban J connectivity index is 1.99. The van der Waals surface area contributed by atoms with Gasteiger partial charge in [0.25, 0.3) is 5.22 Å². The van der Waals surface area contributed by atoms with E-state index in [1.54, 1.807) is 5.41 Å². The molecule has 4 heteroatoms. The van der Waals surface area contributed by atoms with E-state index in [1.807, 2.05) is 45.0 Å². The van der Waals surface area contributed by atoms with Crippen molar-refractivity contribution in [3.05, 3.63) is 58.3 Å². The Morgan fingerprint density at radius 3 is 2.47 bits per heavy atom. The summed E-state index contributed by atoms with van der Waals surface area (Å²) in [7, 11) is 0. The average Bonchev–Trinajstić information content (AvgIpc) is 2.69. The van der Waals surface area contributed by atoms with Gasteiger partial charge in [0.1, 0.15) is 5.76 Å². The van der Waals surface area contributed by atoms with Crippen molar-refractivity contribution in [2.75, 3.05) is 0 Å². The number of hydrogen-bond acceptors (Lipinski definition) is 4. The van der Waals surface area contributed by atoms with Crippen molar-refractivity contribution < 1.29 is 9.21 Å². The lowest BCUT2D eigenvalue weighted by Gasteiger charge is -1.96. The molecule has 1 heterocycles. The molecule has 0 atom stereocenters. The fourth-order valence-electron chi connectivity index (χ4n) is 1.46. The highest BCUT2D eigenvalue weighted by Crippen LogP contribution is 2.21. The van der Waals surface area contributed by atoms with Crippen molar-refractivity contribution in [2.24, 2.45) is 0 Å². The van der Waals surface area contributed by atoms with Gasteiger partial charge in [0.15, 0.2) is 5.78 Å². The van der Waals surface area contributed by atoms with Crippen molar-refractivity contribution in [3.63, 3.8) is 0 Å². The molecule has 0 N–H and O–H groups in total. The smallest absolute Gasteiger partial charge is 0.260 e. The third kappa shape index (κ3) is 3.58. The number of aryl methyl sites for hydroxylation is 3. The van der Waals surface area contributed by atoms with Gasteiger partial charge in [-0.1, -0.05) is 29.8 Å². The van der Waals surface area contributed by atoms with E-state index >= 15 is 0 Å². The predicted octanol–water partition coefficient (Wildman–Crippen LogP) is 4.09. The molecule has 0 saturated heterocycles. The normalized spacial score (nSPS) is 11.1. The van der Waals surface area contributed by atoms with Crippen LogP contribution in [0.4, 0.5) is 0 Å². The predicted molar refractivity (Wildman–Crippen MR) is 76.5 cm³/mol. The van der Waals surface area contributed by atoms with Crippen molar-refractivity contribution in [2.45, 2.75) is 26.0 Å². The van der Waals surface area contributed by atoms with E-state index in [0.717, 1.165) is 17.0 Å². The first-order valence-electron chi connectivity index (χ1n) is 5.94. The lowest BCUT2D eigenvalue weighted by Crippen LogP contribution is -1.93. The van der Waals surface area contributed by atoms with Crippen molar-refractivity contribution in [1.29, 1.82) is 0 Å². The Morgan fingerprint density at radius 1 is 1.21 bits per heavy atom. The Kier molecular flexibility index (Phi) is 4.22. The lowest BCUT2D eigenvalue weighted by molar-refractivity contribution is 0.104. The quantitative estimate of drug-likeness (QED) is 0.478. The van der Waals surface area contributed by atoms with E-state index in [4.69, 9.17) is 4.42 Å². The second kappa shape index (κ2) is 5.89. The highest BCUT2D eigenvalue weighted by Gasteiger charge is 2.05. The summed E-state index contributed by atoms with van der Waals surface area (Å²) in [6.45, 7) is 5.75. The molecule has 98 valence electrons. The van der Waals surface area contributed by atoms with Gasteiger partial charge >= 0.3 is 0 Å². The zero-order chi connectivity index (χ0) is 13.8. The third-order valence-electron chi connectivity index (χ3n) is 2.73. The van der Waals surface area contributed by atoms with Crippen LogP contribution in [0.5, 0.6) is 0 Å². The van der Waals surface area contributed by atoms with Crippen LogP contribution < -0.4 is 0 Å². The van der Waals surface area contributed by atoms with E-state index in [1.165, 1.54) is 17.8 Å². The molecule has 0 saturated carbocycles. The summed E-state index contributed by atoms with van der Waals surface area (Å²) >= 11 is 1.30. The maximum absolute atomic E-state index is 11.9. The Labute approximate surface area is 116 Å². The van der Waals surface area contributed by atoms with Crippen LogP contribution in [0.3, 0.4) is 0 Å². The van der Waals surface area contributed by atoms with Crippen LogP contribution in [0, 0.1) is 20.8 Å². The number of thioether (sulfide) groups is 1. The molecule has 1 aromatic heterocycles. The van der Waals surface area contributed by atoms with E-state index in [9.17, 15) is 4.79 Å². The summed E-state index contributed by atoms with van der Waals surface area (Å²) < 4.78 is 5.41. The number of allylic oxidation sites excluding steroid dienone is 1. The molecule has 0 aliphatic rings. The number of benzene rings is 1. The maximum atomic E-state index is 11.9. The molecule has 2 rings (SSSR count). The summed E-state index contributed by atoms with van der Waals surface area (Å²) in [4.78, 5) is 16.1. The summed E-state index contributed by atoms with van der Waals surface area (Å²) in [6.07, 6.45) is 1.53. The van der Waals surface area contributed by atoms with E-state index in [0.29, 0.717) is 10.8 Å². The number of carbonyl (C=O) groups is 1. The van der Waals surface area contributed by atoms with E-state index in [2.05, 4.69) is 4.98 Å². The zero-order valence-corrected chi connectivity index (χ0v) is 12.0. The largest absolute Gasteiger partial charge is 0.436 e. The van der Waals surface area contributed by atoms with Crippen LogP contribution >= 0.6 is 11.8 Å². The average molecular weight is 273 g/mol. The van der Waals surface area contributed by atoms with Crippen molar-refractivity contribution >= 4 is 17.5 Å². The number of oxazole rings is 1. The second-order valence-corrected chi connectivity index (χ2v) is 5.13. The molecule has 0 radical (unpaired) electrons. The Hall–Kier alpha value is -1.81. The minimum Gasteiger partial charge on any atom is -0.436 e. The van der Waals surface area contributed by atoms with E-state index in [-0.39, 0.29) is 5.78 Å². The van der Waals surface area contributed by atoms with Gasteiger partial charge in [0.2, 0.25) is 0 Å². The fraction of sp³-hybridized carbons (Fsp3) is 0.200. The summed E-state index contributed by atoms with van der Waals surface area (Å²) in [5, 5.41) is 2.26. The second-order valence-electron chi connectivity index (χ2n) is 4.27. The van der Waals surface area contributed by atoms with Gasteiger partial charge in [0, 0.05) is 5.56 Å². The van der Waals surface area contributed by atoms with Gasteiger partial charge in [-0.2, -0.15) is 0 Å². The van der Waals surface area contributed by atoms with Crippen LogP contribution in [-0.4, -0.2) is 10.8 Å². The zero-order valence-electron chi connectivity index (χ0n) is 11.1. The standard InChI is InChI=1S/C15H15NO2S/c1-10-4-6-13(7-5-10)14(17)8-9-19-15-16-11(2)12(3)18-15/h4-9H,1-3H3/b9-8+. The van der Waals surface area contributed by atoms with Crippen LogP contribution in [0.1, 0.15) is 27.4 Å². The molecule has 3 nitrogen and oxygen atoms in total. The maximum Gasteiger partial charge on any atom is 0.260 e. The van der Waals surface area contributed by atoms with Gasteiger partial charge in [-0.25, -0.2) is 4.98 Å². The first-order chi connectivity index (χ1) is 9.06. The molecule has 0 unspecified atom stereocenters. The molecule has 1 aromatic carbocycles. The number of carbonyl (C=O) groups excluding carboxylic acids is 1. The molecular weight excluding hydrogens is 258 g/mol. The molecular formula is C15H15NO2S. The molecule has 0 fully saturated rings. The molecule has 0 aliphatic carbocycles. The number of nitrogens with zero attached hydrogens (tertiary/aromatic N) is 1. The number of aromatic nitrogens is 1. The molecule has 0 spiro atoms. The fourth-order valence-corrected chi connectivity index (χ4v) is 2.13. The summed E-state index contributed by atoms with van der Waals surface area (Å²) in [6, 6.07) is 7.50. The molecule has 0 aliphatic heterocycles. The van der Waals surface area contributed by atoms with Gasteiger partial charge in [-0.05, 0) is 44.0 Å². The van der Waals surface area contributed by atoms with Crippen LogP contribution in [0.25, 0.3) is 0 Å². The third-order valence-corrected chi connectivity index (χ3v) is 3.38. The molecule has 0 amide bonds. The molecule has 2 aromatic rings. The van der Waals surface area contributed by atoms with Crippen LogP contribution in [-0.2, 0) is 0 Å². The lowest BCUT2D eigenvalue weighted by atomic mass is 10.1. The number of ketones is 1. The minimum absolute atomic E-state index is 0.0208. The van der Waals surface area contributed by atoms with Crippen molar-refractivity contribution in [1.82, 2.24) is 4.98 Å². The Morgan fingerprint density at radius 2 is 1.89 bits per heavy atom. The topological polar surface area (TPSA) is 43.1 Å². The number of rotatable bonds is 4. The van der Waals surface area contributed by atoms with E-state index < -0.39 is 0 Å². The summed E-state index contributed by atoms with van der Waals surface area (Å²) in [5.41, 5.74) is 2.70. The van der Waals surface area contributed by atoms with Crippen molar-refractivity contribution in [3.8, 4) is 0 Å². The summed E-state index contributed by atoms with van der Waals surface area (Å²) in [5.74, 6) is 0.785. The Bertz CT molecular complexity index is 592.